The van der Waals surface area contributed by atoms with Crippen LogP contribution in [-0.2, 0) is 4.74 Å². The molecule has 0 aliphatic rings. The lowest BCUT2D eigenvalue weighted by Gasteiger charge is -2.21. The zero-order chi connectivity index (χ0) is 13.7. The van der Waals surface area contributed by atoms with E-state index in [1.807, 2.05) is 6.92 Å². The zero-order valence-electron chi connectivity index (χ0n) is 10.5. The van der Waals surface area contributed by atoms with Crippen LogP contribution in [-0.4, -0.2) is 41.7 Å². The minimum atomic E-state index is -0.490. The van der Waals surface area contributed by atoms with Crippen molar-refractivity contribution in [1.82, 2.24) is 9.97 Å². The van der Waals surface area contributed by atoms with Crippen LogP contribution < -0.4 is 4.90 Å². The number of hydrogen-bond donors (Lipinski definition) is 0. The fourth-order valence-electron chi connectivity index (χ4n) is 1.57. The number of nitro groups is 1. The van der Waals surface area contributed by atoms with Crippen LogP contribution in [0.3, 0.4) is 0 Å². The summed E-state index contributed by atoms with van der Waals surface area (Å²) in [7, 11) is 1.57. The number of hydrogen-bond acceptors (Lipinski definition) is 6. The summed E-state index contributed by atoms with van der Waals surface area (Å²) in [5.41, 5.74) is 0.142. The van der Waals surface area contributed by atoms with Crippen molar-refractivity contribution in [3.05, 3.63) is 21.1 Å². The van der Waals surface area contributed by atoms with Crippen LogP contribution in [0.1, 0.15) is 12.6 Å². The van der Waals surface area contributed by atoms with Crippen molar-refractivity contribution in [2.45, 2.75) is 13.8 Å². The highest BCUT2D eigenvalue weighted by Crippen LogP contribution is 2.29. The molecule has 1 aromatic rings. The quantitative estimate of drug-likeness (QED) is 0.447. The Kier molecular flexibility index (Phi) is 5.24. The molecule has 0 unspecified atom stereocenters. The molecule has 0 saturated heterocycles. The van der Waals surface area contributed by atoms with Gasteiger partial charge in [0.15, 0.2) is 0 Å². The second kappa shape index (κ2) is 6.46. The number of ether oxygens (including phenoxy) is 1. The summed E-state index contributed by atoms with van der Waals surface area (Å²) >= 11 is 5.76. The maximum Gasteiger partial charge on any atom is 0.332 e. The number of rotatable bonds is 6. The van der Waals surface area contributed by atoms with Crippen LogP contribution in [0.25, 0.3) is 0 Å². The van der Waals surface area contributed by atoms with Gasteiger partial charge in [-0.15, -0.1) is 0 Å². The van der Waals surface area contributed by atoms with E-state index in [2.05, 4.69) is 9.97 Å². The number of halogens is 1. The fourth-order valence-corrected chi connectivity index (χ4v) is 1.77. The van der Waals surface area contributed by atoms with Crippen LogP contribution in [0.2, 0.25) is 5.28 Å². The first-order valence-corrected chi connectivity index (χ1v) is 5.81. The first kappa shape index (κ1) is 14.6. The number of aryl methyl sites for hydroxylation is 1. The molecular weight excluding hydrogens is 260 g/mol. The molecule has 7 nitrogen and oxygen atoms in total. The van der Waals surface area contributed by atoms with Crippen molar-refractivity contribution in [2.75, 3.05) is 31.7 Å². The summed E-state index contributed by atoms with van der Waals surface area (Å²) in [6, 6.07) is 0. The molecule has 8 heteroatoms. The van der Waals surface area contributed by atoms with Gasteiger partial charge in [-0.3, -0.25) is 10.1 Å². The Balaban J connectivity index is 3.22. The molecule has 1 rings (SSSR count). The minimum absolute atomic E-state index is 0.00367. The Hall–Kier alpha value is -1.47. The number of anilines is 1. The van der Waals surface area contributed by atoms with Gasteiger partial charge in [0.1, 0.15) is 5.69 Å². The standard InChI is InChI=1S/C10H15ClN4O3/c1-4-14(5-6-18-3)9-8(15(16)17)7(2)12-10(11)13-9/h4-6H2,1-3H3. The Morgan fingerprint density at radius 2 is 2.17 bits per heavy atom. The average Bonchev–Trinajstić information content (AvgIpc) is 2.28. The smallest absolute Gasteiger partial charge is 0.332 e. The van der Waals surface area contributed by atoms with E-state index in [4.69, 9.17) is 16.3 Å². The molecule has 0 radical (unpaired) electrons. The second-order valence-electron chi connectivity index (χ2n) is 3.58. The molecule has 0 amide bonds. The SMILES string of the molecule is CCN(CCOC)c1nc(Cl)nc(C)c1[N+](=O)[O-]. The van der Waals surface area contributed by atoms with Gasteiger partial charge in [0.05, 0.1) is 11.5 Å². The maximum atomic E-state index is 11.1. The maximum absolute atomic E-state index is 11.1. The Labute approximate surface area is 110 Å². The van der Waals surface area contributed by atoms with Gasteiger partial charge in [-0.25, -0.2) is 4.98 Å². The highest BCUT2D eigenvalue weighted by Gasteiger charge is 2.25. The van der Waals surface area contributed by atoms with E-state index >= 15 is 0 Å². The van der Waals surface area contributed by atoms with Gasteiger partial charge in [-0.2, -0.15) is 4.98 Å². The van der Waals surface area contributed by atoms with Crippen molar-refractivity contribution >= 4 is 23.1 Å². The molecule has 0 bridgehead atoms. The van der Waals surface area contributed by atoms with Gasteiger partial charge in [0.2, 0.25) is 11.1 Å². The Bertz CT molecular complexity index is 441. The first-order valence-electron chi connectivity index (χ1n) is 5.43. The third-order valence-corrected chi connectivity index (χ3v) is 2.61. The summed E-state index contributed by atoms with van der Waals surface area (Å²) in [5.74, 6) is 0.233. The van der Waals surface area contributed by atoms with Gasteiger partial charge < -0.3 is 9.64 Å². The van der Waals surface area contributed by atoms with Crippen LogP contribution >= 0.6 is 11.6 Å². The van der Waals surface area contributed by atoms with Gasteiger partial charge in [0.25, 0.3) is 0 Å². The Morgan fingerprint density at radius 1 is 1.50 bits per heavy atom. The van der Waals surface area contributed by atoms with Crippen LogP contribution in [0.5, 0.6) is 0 Å². The van der Waals surface area contributed by atoms with E-state index in [0.29, 0.717) is 19.7 Å². The predicted molar refractivity (Wildman–Crippen MR) is 68.2 cm³/mol. The third-order valence-electron chi connectivity index (χ3n) is 2.44. The van der Waals surface area contributed by atoms with E-state index in [-0.39, 0.29) is 22.5 Å². The number of likely N-dealkylation sites (N-methyl/N-ethyl adjacent to an activating group) is 1. The van der Waals surface area contributed by atoms with Gasteiger partial charge >= 0.3 is 5.69 Å². The molecule has 0 saturated carbocycles. The van der Waals surface area contributed by atoms with E-state index in [9.17, 15) is 10.1 Å². The first-order chi connectivity index (χ1) is 8.51. The lowest BCUT2D eigenvalue weighted by molar-refractivity contribution is -0.385. The Morgan fingerprint density at radius 3 is 2.67 bits per heavy atom. The number of nitrogens with zero attached hydrogens (tertiary/aromatic N) is 4. The predicted octanol–water partition coefficient (Wildman–Crippen LogP) is 1.82. The van der Waals surface area contributed by atoms with Gasteiger partial charge in [-0.05, 0) is 25.4 Å². The van der Waals surface area contributed by atoms with Gasteiger partial charge in [0, 0.05) is 20.2 Å². The number of aromatic nitrogens is 2. The molecule has 0 fully saturated rings. The van der Waals surface area contributed by atoms with E-state index in [0.717, 1.165) is 0 Å². The van der Waals surface area contributed by atoms with Crippen molar-refractivity contribution < 1.29 is 9.66 Å². The molecular formula is C10H15ClN4O3. The van der Waals surface area contributed by atoms with Crippen LogP contribution in [0.4, 0.5) is 11.5 Å². The topological polar surface area (TPSA) is 81.4 Å². The van der Waals surface area contributed by atoms with Crippen molar-refractivity contribution in [2.24, 2.45) is 0 Å². The molecule has 1 heterocycles. The molecule has 0 spiro atoms. The van der Waals surface area contributed by atoms with E-state index in [1.54, 1.807) is 18.9 Å². The summed E-state index contributed by atoms with van der Waals surface area (Å²) < 4.78 is 4.97. The second-order valence-corrected chi connectivity index (χ2v) is 3.92. The molecule has 0 N–H and O–H groups in total. The van der Waals surface area contributed by atoms with Crippen LogP contribution in [0, 0.1) is 17.0 Å². The lowest BCUT2D eigenvalue weighted by Crippen LogP contribution is -2.29. The molecule has 1 aromatic heterocycles. The van der Waals surface area contributed by atoms with Gasteiger partial charge in [-0.1, -0.05) is 0 Å². The minimum Gasteiger partial charge on any atom is -0.383 e. The molecule has 100 valence electrons. The fraction of sp³-hybridized carbons (Fsp3) is 0.600. The van der Waals surface area contributed by atoms with Crippen molar-refractivity contribution in [3.8, 4) is 0 Å². The summed E-state index contributed by atoms with van der Waals surface area (Å²) in [4.78, 5) is 20.1. The van der Waals surface area contributed by atoms with Crippen LogP contribution in [0.15, 0.2) is 0 Å². The average molecular weight is 275 g/mol. The van der Waals surface area contributed by atoms with Crippen molar-refractivity contribution in [3.63, 3.8) is 0 Å². The summed E-state index contributed by atoms with van der Waals surface area (Å²) in [6.07, 6.45) is 0. The highest BCUT2D eigenvalue weighted by atomic mass is 35.5. The van der Waals surface area contributed by atoms with E-state index in [1.165, 1.54) is 0 Å². The largest absolute Gasteiger partial charge is 0.383 e. The molecule has 0 atom stereocenters. The third kappa shape index (κ3) is 3.27. The molecule has 0 aliphatic heterocycles. The monoisotopic (exact) mass is 274 g/mol. The lowest BCUT2D eigenvalue weighted by atomic mass is 10.3. The number of methoxy groups -OCH3 is 1. The van der Waals surface area contributed by atoms with E-state index < -0.39 is 4.92 Å². The molecule has 0 aliphatic carbocycles. The normalized spacial score (nSPS) is 10.4. The highest BCUT2D eigenvalue weighted by molar-refractivity contribution is 6.28. The molecule has 0 aromatic carbocycles. The summed E-state index contributed by atoms with van der Waals surface area (Å²) in [6.45, 7) is 4.94. The summed E-state index contributed by atoms with van der Waals surface area (Å²) in [5, 5.41) is 11.1. The zero-order valence-corrected chi connectivity index (χ0v) is 11.3. The van der Waals surface area contributed by atoms with Crippen molar-refractivity contribution in [1.29, 1.82) is 0 Å². The molecule has 18 heavy (non-hydrogen) atoms.